The Balaban J connectivity index is 2.55. The van der Waals surface area contributed by atoms with Crippen molar-refractivity contribution >= 4 is 9.84 Å². The first-order chi connectivity index (χ1) is 7.90. The summed E-state index contributed by atoms with van der Waals surface area (Å²) in [4.78, 5) is 0. The van der Waals surface area contributed by atoms with Crippen LogP contribution in [0.5, 0.6) is 0 Å². The van der Waals surface area contributed by atoms with Gasteiger partial charge in [0, 0.05) is 12.3 Å². The molecule has 0 amide bonds. The first-order valence-corrected chi connectivity index (χ1v) is 7.56. The Morgan fingerprint density at radius 2 is 1.88 bits per heavy atom. The van der Waals surface area contributed by atoms with Gasteiger partial charge in [0.2, 0.25) is 0 Å². The number of nitrogens with one attached hydrogen (secondary N) is 1. The second-order valence-corrected chi connectivity index (χ2v) is 6.49. The van der Waals surface area contributed by atoms with Crippen LogP contribution in [-0.4, -0.2) is 33.5 Å². The number of sulfone groups is 1. The van der Waals surface area contributed by atoms with E-state index in [2.05, 4.69) is 5.32 Å². The molecule has 0 aliphatic rings. The molecule has 0 saturated heterocycles. The van der Waals surface area contributed by atoms with E-state index in [1.807, 2.05) is 0 Å². The highest BCUT2D eigenvalue weighted by Gasteiger charge is 2.11. The van der Waals surface area contributed by atoms with Gasteiger partial charge in [-0.25, -0.2) is 12.8 Å². The highest BCUT2D eigenvalue weighted by Crippen LogP contribution is 2.08. The first-order valence-electron chi connectivity index (χ1n) is 5.50. The summed E-state index contributed by atoms with van der Waals surface area (Å²) in [6.45, 7) is 0. The van der Waals surface area contributed by atoms with E-state index >= 15 is 0 Å². The number of benzene rings is 1. The molecule has 96 valence electrons. The summed E-state index contributed by atoms with van der Waals surface area (Å²) in [6, 6.07) is 6.37. The summed E-state index contributed by atoms with van der Waals surface area (Å²) in [5, 5.41) is 3.08. The van der Waals surface area contributed by atoms with Crippen LogP contribution in [0, 0.1) is 5.82 Å². The van der Waals surface area contributed by atoms with Crippen molar-refractivity contribution < 1.29 is 12.8 Å². The van der Waals surface area contributed by atoms with Gasteiger partial charge in [-0.1, -0.05) is 12.1 Å². The molecule has 0 radical (unpaired) electrons. The van der Waals surface area contributed by atoms with Crippen LogP contribution in [0.4, 0.5) is 4.39 Å². The molecule has 0 aliphatic carbocycles. The van der Waals surface area contributed by atoms with Crippen LogP contribution in [0.1, 0.15) is 12.0 Å². The molecule has 1 rings (SSSR count). The molecule has 1 unspecified atom stereocenters. The Labute approximate surface area is 102 Å². The molecule has 3 nitrogen and oxygen atoms in total. The average Bonchev–Trinajstić information content (AvgIpc) is 2.25. The van der Waals surface area contributed by atoms with E-state index in [1.165, 1.54) is 18.4 Å². The smallest absolute Gasteiger partial charge is 0.147 e. The van der Waals surface area contributed by atoms with Crippen LogP contribution in [-0.2, 0) is 16.3 Å². The lowest BCUT2D eigenvalue weighted by molar-refractivity contribution is 0.534. The molecule has 17 heavy (non-hydrogen) atoms. The quantitative estimate of drug-likeness (QED) is 0.840. The van der Waals surface area contributed by atoms with Crippen LogP contribution in [0.2, 0.25) is 0 Å². The van der Waals surface area contributed by atoms with Crippen molar-refractivity contribution in [1.29, 1.82) is 0 Å². The van der Waals surface area contributed by atoms with Gasteiger partial charge in [0.1, 0.15) is 15.7 Å². The minimum absolute atomic E-state index is 0.0928. The molecule has 0 fully saturated rings. The molecule has 1 aromatic rings. The number of hydrogen-bond donors (Lipinski definition) is 1. The molecule has 1 atom stereocenters. The van der Waals surface area contributed by atoms with E-state index in [4.69, 9.17) is 0 Å². The third-order valence-corrected chi connectivity index (χ3v) is 3.62. The maximum Gasteiger partial charge on any atom is 0.147 e. The zero-order valence-corrected chi connectivity index (χ0v) is 10.9. The lowest BCUT2D eigenvalue weighted by Gasteiger charge is -2.15. The lowest BCUT2D eigenvalue weighted by atomic mass is 10.0. The molecule has 0 heterocycles. The lowest BCUT2D eigenvalue weighted by Crippen LogP contribution is -2.29. The SMILES string of the molecule is CNC(CCS(C)(=O)=O)Cc1ccc(F)cc1. The molecule has 5 heteroatoms. The Bertz CT molecular complexity index is 442. The molecule has 0 aliphatic heterocycles. The van der Waals surface area contributed by atoms with Gasteiger partial charge in [-0.05, 0) is 37.6 Å². The number of likely N-dealkylation sites (N-methyl/N-ethyl adjacent to an activating group) is 1. The molecule has 1 N–H and O–H groups in total. The zero-order chi connectivity index (χ0) is 12.9. The van der Waals surface area contributed by atoms with E-state index in [0.717, 1.165) is 5.56 Å². The number of rotatable bonds is 6. The highest BCUT2D eigenvalue weighted by atomic mass is 32.2. The van der Waals surface area contributed by atoms with Gasteiger partial charge in [-0.15, -0.1) is 0 Å². The molecular formula is C12H18FNO2S. The predicted molar refractivity (Wildman–Crippen MR) is 67.3 cm³/mol. The van der Waals surface area contributed by atoms with Crippen molar-refractivity contribution in [3.8, 4) is 0 Å². The van der Waals surface area contributed by atoms with E-state index < -0.39 is 9.84 Å². The fourth-order valence-electron chi connectivity index (χ4n) is 1.61. The van der Waals surface area contributed by atoms with E-state index in [0.29, 0.717) is 12.8 Å². The molecule has 0 aromatic heterocycles. The second-order valence-electron chi connectivity index (χ2n) is 4.23. The normalized spacial score (nSPS) is 13.6. The Hall–Kier alpha value is -0.940. The molecular weight excluding hydrogens is 241 g/mol. The van der Waals surface area contributed by atoms with Crippen LogP contribution >= 0.6 is 0 Å². The summed E-state index contributed by atoms with van der Waals surface area (Å²) in [6.07, 6.45) is 2.50. The first kappa shape index (κ1) is 14.1. The Kier molecular flexibility index (Phi) is 5.08. The average molecular weight is 259 g/mol. The predicted octanol–water partition coefficient (Wildman–Crippen LogP) is 1.39. The molecule has 0 saturated carbocycles. The summed E-state index contributed by atoms with van der Waals surface area (Å²) in [7, 11) is -1.13. The highest BCUT2D eigenvalue weighted by molar-refractivity contribution is 7.90. The van der Waals surface area contributed by atoms with Crippen molar-refractivity contribution in [2.24, 2.45) is 0 Å². The van der Waals surface area contributed by atoms with Crippen LogP contribution in [0.3, 0.4) is 0 Å². The largest absolute Gasteiger partial charge is 0.317 e. The van der Waals surface area contributed by atoms with Gasteiger partial charge in [0.25, 0.3) is 0 Å². The topological polar surface area (TPSA) is 46.2 Å². The fourth-order valence-corrected chi connectivity index (χ4v) is 2.32. The minimum atomic E-state index is -2.93. The van der Waals surface area contributed by atoms with Gasteiger partial charge in [0.15, 0.2) is 0 Å². The summed E-state index contributed by atoms with van der Waals surface area (Å²) >= 11 is 0. The third-order valence-electron chi connectivity index (χ3n) is 2.64. The van der Waals surface area contributed by atoms with E-state index in [1.54, 1.807) is 19.2 Å². The molecule has 1 aromatic carbocycles. The van der Waals surface area contributed by atoms with Crippen LogP contribution in [0.25, 0.3) is 0 Å². The zero-order valence-electron chi connectivity index (χ0n) is 10.1. The van der Waals surface area contributed by atoms with Gasteiger partial charge in [-0.2, -0.15) is 0 Å². The second kappa shape index (κ2) is 6.12. The maximum atomic E-state index is 12.7. The molecule has 0 bridgehead atoms. The van der Waals surface area contributed by atoms with Crippen LogP contribution in [0.15, 0.2) is 24.3 Å². The fraction of sp³-hybridized carbons (Fsp3) is 0.500. The van der Waals surface area contributed by atoms with Gasteiger partial charge >= 0.3 is 0 Å². The summed E-state index contributed by atoms with van der Waals surface area (Å²) < 4.78 is 34.9. The minimum Gasteiger partial charge on any atom is -0.317 e. The van der Waals surface area contributed by atoms with Crippen molar-refractivity contribution in [3.63, 3.8) is 0 Å². The monoisotopic (exact) mass is 259 g/mol. The Morgan fingerprint density at radius 3 is 2.35 bits per heavy atom. The van der Waals surface area contributed by atoms with Crippen molar-refractivity contribution in [2.45, 2.75) is 18.9 Å². The van der Waals surface area contributed by atoms with Gasteiger partial charge in [0.05, 0.1) is 5.75 Å². The summed E-state index contributed by atoms with van der Waals surface area (Å²) in [5.74, 6) is -0.0921. The Morgan fingerprint density at radius 1 is 1.29 bits per heavy atom. The van der Waals surface area contributed by atoms with Crippen molar-refractivity contribution in [3.05, 3.63) is 35.6 Å². The van der Waals surface area contributed by atoms with Gasteiger partial charge in [-0.3, -0.25) is 0 Å². The number of halogens is 1. The number of hydrogen-bond acceptors (Lipinski definition) is 3. The third kappa shape index (κ3) is 5.79. The van der Waals surface area contributed by atoms with Crippen molar-refractivity contribution in [2.75, 3.05) is 19.1 Å². The van der Waals surface area contributed by atoms with E-state index in [-0.39, 0.29) is 17.6 Å². The maximum absolute atomic E-state index is 12.7. The van der Waals surface area contributed by atoms with Crippen LogP contribution < -0.4 is 5.32 Å². The van der Waals surface area contributed by atoms with Gasteiger partial charge < -0.3 is 5.32 Å². The standard InChI is InChI=1S/C12H18FNO2S/c1-14-12(7-8-17(2,15)16)9-10-3-5-11(13)6-4-10/h3-6,12,14H,7-9H2,1-2H3. The summed E-state index contributed by atoms with van der Waals surface area (Å²) in [5.41, 5.74) is 0.999. The van der Waals surface area contributed by atoms with E-state index in [9.17, 15) is 12.8 Å². The van der Waals surface area contributed by atoms with Crippen molar-refractivity contribution in [1.82, 2.24) is 5.32 Å². The molecule has 0 spiro atoms.